The van der Waals surface area contributed by atoms with Gasteiger partial charge in [0.1, 0.15) is 12.4 Å². The van der Waals surface area contributed by atoms with Crippen LogP contribution in [0.3, 0.4) is 0 Å². The molecule has 1 atom stereocenters. The highest BCUT2D eigenvalue weighted by Gasteiger charge is 2.37. The molecule has 0 aliphatic carbocycles. The zero-order valence-corrected chi connectivity index (χ0v) is 9.29. The highest BCUT2D eigenvalue weighted by atomic mass is 19.1. The van der Waals surface area contributed by atoms with Gasteiger partial charge in [-0.1, -0.05) is 26.0 Å². The second kappa shape index (κ2) is 3.77. The topological polar surface area (TPSA) is 38.3 Å². The van der Waals surface area contributed by atoms with Crippen molar-refractivity contribution >= 4 is 6.09 Å². The Balaban J connectivity index is 2.30. The number of carbonyl (C=O) groups is 1. The van der Waals surface area contributed by atoms with E-state index in [1.807, 2.05) is 13.8 Å². The van der Waals surface area contributed by atoms with Crippen molar-refractivity contribution in [1.29, 1.82) is 0 Å². The predicted molar refractivity (Wildman–Crippen MR) is 57.4 cm³/mol. The Bertz CT molecular complexity index is 400. The lowest BCUT2D eigenvalue weighted by molar-refractivity contribution is 0.0387. The van der Waals surface area contributed by atoms with Crippen molar-refractivity contribution in [2.24, 2.45) is 5.41 Å². The van der Waals surface area contributed by atoms with Crippen molar-refractivity contribution in [3.63, 3.8) is 0 Å². The summed E-state index contributed by atoms with van der Waals surface area (Å²) in [6.45, 7) is 4.36. The molecule has 1 aromatic rings. The van der Waals surface area contributed by atoms with Crippen molar-refractivity contribution in [2.45, 2.75) is 19.9 Å². The number of ether oxygens (including phenoxy) is 1. The van der Waals surface area contributed by atoms with E-state index < -0.39 is 6.09 Å². The molecule has 16 heavy (non-hydrogen) atoms. The Labute approximate surface area is 93.6 Å². The van der Waals surface area contributed by atoms with Gasteiger partial charge in [-0.2, -0.15) is 0 Å². The van der Waals surface area contributed by atoms with E-state index in [1.165, 1.54) is 12.1 Å². The number of hydrogen-bond acceptors (Lipinski definition) is 2. The summed E-state index contributed by atoms with van der Waals surface area (Å²) >= 11 is 0. The van der Waals surface area contributed by atoms with Crippen LogP contribution in [0.1, 0.15) is 25.5 Å². The first-order valence-corrected chi connectivity index (χ1v) is 5.18. The second-order valence-corrected chi connectivity index (χ2v) is 4.69. The van der Waals surface area contributed by atoms with E-state index >= 15 is 0 Å². The number of rotatable bonds is 1. The van der Waals surface area contributed by atoms with E-state index in [0.717, 1.165) is 5.56 Å². The van der Waals surface area contributed by atoms with Crippen LogP contribution in [0.15, 0.2) is 24.3 Å². The lowest BCUT2D eigenvalue weighted by atomic mass is 9.80. The molecule has 3 nitrogen and oxygen atoms in total. The molecule has 1 aromatic carbocycles. The van der Waals surface area contributed by atoms with Crippen LogP contribution in [0.2, 0.25) is 0 Å². The Morgan fingerprint density at radius 1 is 1.38 bits per heavy atom. The van der Waals surface area contributed by atoms with Crippen molar-refractivity contribution in [2.75, 3.05) is 6.61 Å². The molecule has 2 rings (SSSR count). The fraction of sp³-hybridized carbons (Fsp3) is 0.417. The summed E-state index contributed by atoms with van der Waals surface area (Å²) in [5, 5.41) is 2.76. The molecule has 0 bridgehead atoms. The zero-order chi connectivity index (χ0) is 11.8. The monoisotopic (exact) mass is 223 g/mol. The number of halogens is 1. The molecule has 4 heteroatoms. The molecule has 1 N–H and O–H groups in total. The van der Waals surface area contributed by atoms with E-state index in [1.54, 1.807) is 12.1 Å². The summed E-state index contributed by atoms with van der Waals surface area (Å²) in [5.41, 5.74) is 0.689. The van der Waals surface area contributed by atoms with Crippen LogP contribution in [0.25, 0.3) is 0 Å². The molecule has 1 fully saturated rings. The van der Waals surface area contributed by atoms with Gasteiger partial charge in [0.05, 0.1) is 6.04 Å². The van der Waals surface area contributed by atoms with Gasteiger partial charge in [0.2, 0.25) is 0 Å². The first kappa shape index (κ1) is 10.9. The third kappa shape index (κ3) is 2.01. The SMILES string of the molecule is CC1(C)COC(=O)N[C@@H]1c1ccc(F)cc1. The number of nitrogens with one attached hydrogen (secondary N) is 1. The molecule has 0 spiro atoms. The van der Waals surface area contributed by atoms with Gasteiger partial charge in [-0.15, -0.1) is 0 Å². The smallest absolute Gasteiger partial charge is 0.407 e. The van der Waals surface area contributed by atoms with Crippen molar-refractivity contribution in [1.82, 2.24) is 5.32 Å². The zero-order valence-electron chi connectivity index (χ0n) is 9.29. The summed E-state index contributed by atoms with van der Waals surface area (Å²) in [6.07, 6.45) is -0.423. The Morgan fingerprint density at radius 2 is 2.00 bits per heavy atom. The van der Waals surface area contributed by atoms with E-state index in [9.17, 15) is 9.18 Å². The molecular formula is C12H14FNO2. The number of cyclic esters (lactones) is 1. The summed E-state index contributed by atoms with van der Waals surface area (Å²) in [5.74, 6) is -0.278. The molecule has 1 saturated heterocycles. The Hall–Kier alpha value is -1.58. The average Bonchev–Trinajstić information content (AvgIpc) is 2.23. The van der Waals surface area contributed by atoms with E-state index in [-0.39, 0.29) is 17.3 Å². The van der Waals surface area contributed by atoms with Crippen LogP contribution < -0.4 is 5.32 Å². The number of hydrogen-bond donors (Lipinski definition) is 1. The van der Waals surface area contributed by atoms with Crippen LogP contribution in [0, 0.1) is 11.2 Å². The van der Waals surface area contributed by atoms with Crippen LogP contribution in [-0.2, 0) is 4.74 Å². The molecular weight excluding hydrogens is 209 g/mol. The number of benzene rings is 1. The highest BCUT2D eigenvalue weighted by molar-refractivity contribution is 5.69. The molecule has 86 valence electrons. The second-order valence-electron chi connectivity index (χ2n) is 4.69. The van der Waals surface area contributed by atoms with Crippen molar-refractivity contribution in [3.05, 3.63) is 35.6 Å². The van der Waals surface area contributed by atoms with E-state index in [4.69, 9.17) is 4.74 Å². The molecule has 1 amide bonds. The maximum atomic E-state index is 12.8. The van der Waals surface area contributed by atoms with Crippen LogP contribution in [-0.4, -0.2) is 12.7 Å². The molecule has 1 aliphatic heterocycles. The first-order valence-electron chi connectivity index (χ1n) is 5.18. The lowest BCUT2D eigenvalue weighted by Crippen LogP contribution is -2.46. The van der Waals surface area contributed by atoms with Gasteiger partial charge in [-0.3, -0.25) is 0 Å². The fourth-order valence-electron chi connectivity index (χ4n) is 1.88. The van der Waals surface area contributed by atoms with Gasteiger partial charge >= 0.3 is 6.09 Å². The van der Waals surface area contributed by atoms with E-state index in [0.29, 0.717) is 6.61 Å². The molecule has 1 aliphatic rings. The summed E-state index contributed by atoms with van der Waals surface area (Å²) in [7, 11) is 0. The van der Waals surface area contributed by atoms with Gasteiger partial charge in [0.15, 0.2) is 0 Å². The Kier molecular flexibility index (Phi) is 2.58. The minimum absolute atomic E-state index is 0.144. The normalized spacial score (nSPS) is 23.4. The summed E-state index contributed by atoms with van der Waals surface area (Å²) in [6, 6.07) is 6.02. The van der Waals surface area contributed by atoms with Gasteiger partial charge in [-0.25, -0.2) is 9.18 Å². The number of amides is 1. The van der Waals surface area contributed by atoms with Crippen LogP contribution >= 0.6 is 0 Å². The third-order valence-corrected chi connectivity index (χ3v) is 2.82. The molecule has 0 unspecified atom stereocenters. The maximum Gasteiger partial charge on any atom is 0.407 e. The maximum absolute atomic E-state index is 12.8. The highest BCUT2D eigenvalue weighted by Crippen LogP contribution is 2.36. The summed E-state index contributed by atoms with van der Waals surface area (Å²) in [4.78, 5) is 11.2. The number of alkyl carbamates (subject to hydrolysis) is 1. The van der Waals surface area contributed by atoms with Crippen molar-refractivity contribution < 1.29 is 13.9 Å². The van der Waals surface area contributed by atoms with E-state index in [2.05, 4.69) is 5.32 Å². The standard InChI is InChI=1S/C12H14FNO2/c1-12(2)7-16-11(15)14-10(12)8-3-5-9(13)6-4-8/h3-6,10H,7H2,1-2H3,(H,14,15)/t10-/m1/s1. The average molecular weight is 223 g/mol. The Morgan fingerprint density at radius 3 is 2.62 bits per heavy atom. The minimum atomic E-state index is -0.423. The lowest BCUT2D eigenvalue weighted by Gasteiger charge is -2.38. The quantitative estimate of drug-likeness (QED) is 0.794. The largest absolute Gasteiger partial charge is 0.449 e. The van der Waals surface area contributed by atoms with Crippen molar-refractivity contribution in [3.8, 4) is 0 Å². The fourth-order valence-corrected chi connectivity index (χ4v) is 1.88. The van der Waals surface area contributed by atoms with Gasteiger partial charge < -0.3 is 10.1 Å². The molecule has 0 saturated carbocycles. The molecule has 0 radical (unpaired) electrons. The third-order valence-electron chi connectivity index (χ3n) is 2.82. The minimum Gasteiger partial charge on any atom is -0.449 e. The first-order chi connectivity index (χ1) is 7.49. The van der Waals surface area contributed by atoms with Crippen LogP contribution in [0.4, 0.5) is 9.18 Å². The predicted octanol–water partition coefficient (Wildman–Crippen LogP) is 2.63. The van der Waals surface area contributed by atoms with Gasteiger partial charge in [0.25, 0.3) is 0 Å². The summed E-state index contributed by atoms with van der Waals surface area (Å²) < 4.78 is 17.8. The number of carbonyl (C=O) groups excluding carboxylic acids is 1. The van der Waals surface area contributed by atoms with Crippen LogP contribution in [0.5, 0.6) is 0 Å². The molecule has 0 aromatic heterocycles. The van der Waals surface area contributed by atoms with Gasteiger partial charge in [-0.05, 0) is 17.7 Å². The van der Waals surface area contributed by atoms with Gasteiger partial charge in [0, 0.05) is 5.41 Å². The molecule has 1 heterocycles.